The smallest absolute Gasteiger partial charge is 0.223 e. The van der Waals surface area contributed by atoms with E-state index in [4.69, 9.17) is 0 Å². The van der Waals surface area contributed by atoms with Crippen LogP contribution < -0.4 is 10.6 Å². The van der Waals surface area contributed by atoms with E-state index in [1.807, 2.05) is 0 Å². The Bertz CT molecular complexity index is 238. The highest BCUT2D eigenvalue weighted by molar-refractivity contribution is 5.79. The Morgan fingerprint density at radius 1 is 1.40 bits per heavy atom. The van der Waals surface area contributed by atoms with Crippen LogP contribution in [0, 0.1) is 11.8 Å². The minimum Gasteiger partial charge on any atom is -0.352 e. The Morgan fingerprint density at radius 3 is 2.73 bits per heavy atom. The molecule has 0 aromatic rings. The zero-order chi connectivity index (χ0) is 10.8. The van der Waals surface area contributed by atoms with Crippen LogP contribution in [0.5, 0.6) is 0 Å². The maximum Gasteiger partial charge on any atom is 0.223 e. The minimum absolute atomic E-state index is 0.221. The quantitative estimate of drug-likeness (QED) is 0.737. The van der Waals surface area contributed by atoms with Crippen molar-refractivity contribution >= 4 is 5.91 Å². The molecule has 0 spiro atoms. The van der Waals surface area contributed by atoms with Gasteiger partial charge in [0.15, 0.2) is 0 Å². The number of rotatable bonds is 3. The molecule has 0 radical (unpaired) electrons. The maximum atomic E-state index is 11.9. The Labute approximate surface area is 92.0 Å². The van der Waals surface area contributed by atoms with Gasteiger partial charge in [0.05, 0.1) is 0 Å². The summed E-state index contributed by atoms with van der Waals surface area (Å²) in [6.45, 7) is 5.31. The summed E-state index contributed by atoms with van der Waals surface area (Å²) in [4.78, 5) is 11.9. The number of hydrogen-bond acceptors (Lipinski definition) is 2. The van der Waals surface area contributed by atoms with Crippen molar-refractivity contribution < 1.29 is 4.79 Å². The molecule has 0 aromatic carbocycles. The molecule has 1 heterocycles. The molecular weight excluding hydrogens is 188 g/mol. The summed E-state index contributed by atoms with van der Waals surface area (Å²) in [7, 11) is 0. The van der Waals surface area contributed by atoms with Gasteiger partial charge in [-0.2, -0.15) is 0 Å². The molecule has 2 rings (SSSR count). The Morgan fingerprint density at radius 2 is 2.13 bits per heavy atom. The van der Waals surface area contributed by atoms with Gasteiger partial charge in [-0.15, -0.1) is 0 Å². The number of amides is 1. The topological polar surface area (TPSA) is 41.1 Å². The van der Waals surface area contributed by atoms with E-state index in [-0.39, 0.29) is 11.8 Å². The van der Waals surface area contributed by atoms with Crippen molar-refractivity contribution in [1.82, 2.24) is 10.6 Å². The van der Waals surface area contributed by atoms with Gasteiger partial charge < -0.3 is 10.6 Å². The van der Waals surface area contributed by atoms with Crippen LogP contribution in [-0.2, 0) is 4.79 Å². The van der Waals surface area contributed by atoms with Crippen LogP contribution in [0.3, 0.4) is 0 Å². The summed E-state index contributed by atoms with van der Waals surface area (Å²) >= 11 is 0. The number of hydrogen-bond donors (Lipinski definition) is 2. The molecule has 1 aliphatic carbocycles. The second kappa shape index (κ2) is 4.52. The lowest BCUT2D eigenvalue weighted by Gasteiger charge is -2.31. The van der Waals surface area contributed by atoms with Gasteiger partial charge in [0.1, 0.15) is 0 Å². The molecule has 2 aliphatic rings. The van der Waals surface area contributed by atoms with Gasteiger partial charge in [0, 0.05) is 18.0 Å². The van der Waals surface area contributed by atoms with Gasteiger partial charge in [0.25, 0.3) is 0 Å². The SMILES string of the molecule is CC1NCCCC1NC(=O)C(C)C1CC1. The van der Waals surface area contributed by atoms with Crippen molar-refractivity contribution in [2.75, 3.05) is 6.54 Å². The van der Waals surface area contributed by atoms with Crippen molar-refractivity contribution in [3.63, 3.8) is 0 Å². The first kappa shape index (κ1) is 10.9. The van der Waals surface area contributed by atoms with E-state index >= 15 is 0 Å². The van der Waals surface area contributed by atoms with Gasteiger partial charge in [-0.1, -0.05) is 6.92 Å². The average Bonchev–Trinajstić information content (AvgIpc) is 3.04. The molecule has 3 heteroatoms. The third kappa shape index (κ3) is 2.71. The maximum absolute atomic E-state index is 11.9. The number of piperidine rings is 1. The van der Waals surface area contributed by atoms with Gasteiger partial charge in [-0.25, -0.2) is 0 Å². The van der Waals surface area contributed by atoms with Crippen LogP contribution in [0.4, 0.5) is 0 Å². The Hall–Kier alpha value is -0.570. The summed E-state index contributed by atoms with van der Waals surface area (Å²) in [6.07, 6.45) is 4.78. The monoisotopic (exact) mass is 210 g/mol. The fourth-order valence-electron chi connectivity index (χ4n) is 2.37. The second-order valence-electron chi connectivity index (χ2n) is 5.13. The zero-order valence-electron chi connectivity index (χ0n) is 9.75. The molecule has 1 saturated heterocycles. The zero-order valence-corrected chi connectivity index (χ0v) is 9.75. The second-order valence-corrected chi connectivity index (χ2v) is 5.13. The first-order valence-corrected chi connectivity index (χ1v) is 6.22. The first-order valence-electron chi connectivity index (χ1n) is 6.22. The molecule has 3 atom stereocenters. The molecule has 3 nitrogen and oxygen atoms in total. The number of nitrogens with one attached hydrogen (secondary N) is 2. The van der Waals surface area contributed by atoms with Crippen molar-refractivity contribution in [2.45, 2.75) is 51.6 Å². The van der Waals surface area contributed by atoms with E-state index in [9.17, 15) is 4.79 Å². The van der Waals surface area contributed by atoms with Crippen LogP contribution in [0.15, 0.2) is 0 Å². The van der Waals surface area contributed by atoms with Crippen LogP contribution in [0.25, 0.3) is 0 Å². The molecule has 15 heavy (non-hydrogen) atoms. The van der Waals surface area contributed by atoms with Crippen molar-refractivity contribution in [3.05, 3.63) is 0 Å². The summed E-state index contributed by atoms with van der Waals surface area (Å²) in [5.74, 6) is 1.15. The largest absolute Gasteiger partial charge is 0.352 e. The van der Waals surface area contributed by atoms with Gasteiger partial charge >= 0.3 is 0 Å². The standard InChI is InChI=1S/C12H22N2O/c1-8(10-5-6-10)12(15)14-11-4-3-7-13-9(11)2/h8-11,13H,3-7H2,1-2H3,(H,14,15). The average molecular weight is 210 g/mol. The highest BCUT2D eigenvalue weighted by atomic mass is 16.2. The van der Waals surface area contributed by atoms with Crippen molar-refractivity contribution in [3.8, 4) is 0 Å². The molecule has 1 aliphatic heterocycles. The molecule has 2 fully saturated rings. The van der Waals surface area contributed by atoms with Gasteiger partial charge in [0.2, 0.25) is 5.91 Å². The summed E-state index contributed by atoms with van der Waals surface area (Å²) in [6, 6.07) is 0.765. The van der Waals surface area contributed by atoms with Crippen LogP contribution in [-0.4, -0.2) is 24.5 Å². The van der Waals surface area contributed by atoms with Crippen LogP contribution in [0.1, 0.15) is 39.5 Å². The predicted octanol–water partition coefficient (Wildman–Crippen LogP) is 1.29. The molecule has 0 bridgehead atoms. The Kier molecular flexibility index (Phi) is 3.29. The summed E-state index contributed by atoms with van der Waals surface area (Å²) in [5, 5.41) is 6.59. The van der Waals surface area contributed by atoms with E-state index in [0.29, 0.717) is 18.0 Å². The lowest BCUT2D eigenvalue weighted by Crippen LogP contribution is -2.53. The lowest BCUT2D eigenvalue weighted by molar-refractivity contribution is -0.126. The molecule has 1 saturated carbocycles. The van der Waals surface area contributed by atoms with E-state index in [1.165, 1.54) is 19.3 Å². The minimum atomic E-state index is 0.221. The third-order valence-corrected chi connectivity index (χ3v) is 3.83. The fraction of sp³-hybridized carbons (Fsp3) is 0.917. The predicted molar refractivity (Wildman–Crippen MR) is 60.5 cm³/mol. The normalized spacial score (nSPS) is 33.5. The van der Waals surface area contributed by atoms with Crippen molar-refractivity contribution in [2.24, 2.45) is 11.8 Å². The third-order valence-electron chi connectivity index (χ3n) is 3.83. The molecule has 0 aromatic heterocycles. The summed E-state index contributed by atoms with van der Waals surface area (Å²) in [5.41, 5.74) is 0. The molecular formula is C12H22N2O. The first-order chi connectivity index (χ1) is 7.18. The van der Waals surface area contributed by atoms with E-state index in [2.05, 4.69) is 24.5 Å². The fourth-order valence-corrected chi connectivity index (χ4v) is 2.37. The van der Waals surface area contributed by atoms with E-state index < -0.39 is 0 Å². The van der Waals surface area contributed by atoms with Gasteiger partial charge in [-0.05, 0) is 45.1 Å². The van der Waals surface area contributed by atoms with Gasteiger partial charge in [-0.3, -0.25) is 4.79 Å². The highest BCUT2D eigenvalue weighted by Crippen LogP contribution is 2.36. The molecule has 1 amide bonds. The highest BCUT2D eigenvalue weighted by Gasteiger charge is 2.34. The molecule has 86 valence electrons. The number of carbonyl (C=O) groups excluding carboxylic acids is 1. The van der Waals surface area contributed by atoms with E-state index in [0.717, 1.165) is 13.0 Å². The van der Waals surface area contributed by atoms with Crippen LogP contribution >= 0.6 is 0 Å². The summed E-state index contributed by atoms with van der Waals surface area (Å²) < 4.78 is 0. The molecule has 2 N–H and O–H groups in total. The number of carbonyl (C=O) groups is 1. The van der Waals surface area contributed by atoms with Crippen LogP contribution in [0.2, 0.25) is 0 Å². The van der Waals surface area contributed by atoms with E-state index in [1.54, 1.807) is 0 Å². The lowest BCUT2D eigenvalue weighted by atomic mass is 9.98. The Balaban J connectivity index is 1.81. The van der Waals surface area contributed by atoms with Crippen molar-refractivity contribution in [1.29, 1.82) is 0 Å². The molecule has 3 unspecified atom stereocenters.